The van der Waals surface area contributed by atoms with Crippen molar-refractivity contribution in [3.05, 3.63) is 59.9 Å². The fraction of sp³-hybridized carbons (Fsp3) is 0.320. The van der Waals surface area contributed by atoms with Gasteiger partial charge < -0.3 is 15.0 Å². The third kappa shape index (κ3) is 4.88. The summed E-state index contributed by atoms with van der Waals surface area (Å²) in [6.07, 6.45) is 2.27. The molecule has 1 fully saturated rings. The van der Waals surface area contributed by atoms with Gasteiger partial charge in [-0.3, -0.25) is 9.59 Å². The molecule has 2 aromatic carbocycles. The number of fused-ring (bicyclic) bond motifs is 1. The first-order chi connectivity index (χ1) is 15.5. The molecule has 3 aromatic rings. The molecule has 1 saturated heterocycles. The molecule has 7 heteroatoms. The summed E-state index contributed by atoms with van der Waals surface area (Å²) in [5, 5.41) is 3.67. The third-order valence-corrected chi connectivity index (χ3v) is 5.53. The fourth-order valence-corrected chi connectivity index (χ4v) is 3.89. The predicted octanol–water partition coefficient (Wildman–Crippen LogP) is 4.18. The quantitative estimate of drug-likeness (QED) is 0.539. The minimum absolute atomic E-state index is 0.176. The van der Waals surface area contributed by atoms with E-state index < -0.39 is 0 Å². The number of rotatable bonds is 8. The van der Waals surface area contributed by atoms with Gasteiger partial charge in [-0.25, -0.2) is 9.37 Å². The van der Waals surface area contributed by atoms with Crippen molar-refractivity contribution in [3.63, 3.8) is 0 Å². The zero-order valence-corrected chi connectivity index (χ0v) is 18.1. The summed E-state index contributed by atoms with van der Waals surface area (Å²) < 4.78 is 19.1. The smallest absolute Gasteiger partial charge is 0.251 e. The highest BCUT2D eigenvalue weighted by molar-refractivity contribution is 5.99. The van der Waals surface area contributed by atoms with Crippen molar-refractivity contribution in [2.24, 2.45) is 0 Å². The molecule has 0 unspecified atom stereocenters. The predicted molar refractivity (Wildman–Crippen MR) is 121 cm³/mol. The highest BCUT2D eigenvalue weighted by Gasteiger charge is 2.19. The van der Waals surface area contributed by atoms with Gasteiger partial charge in [-0.15, -0.1) is 0 Å². The number of hydrogen-bond acceptors (Lipinski definition) is 4. The summed E-state index contributed by atoms with van der Waals surface area (Å²) in [4.78, 5) is 30.8. The Kier molecular flexibility index (Phi) is 6.63. The Labute approximate surface area is 186 Å². The van der Waals surface area contributed by atoms with E-state index in [1.807, 2.05) is 17.9 Å². The van der Waals surface area contributed by atoms with Crippen LogP contribution in [0.1, 0.15) is 36.5 Å². The highest BCUT2D eigenvalue weighted by atomic mass is 19.1. The molecule has 1 aliphatic rings. The Hall–Kier alpha value is -3.48. The molecule has 166 valence electrons. The number of carbonyl (C=O) groups excluding carboxylic acids is 2. The van der Waals surface area contributed by atoms with Crippen molar-refractivity contribution in [2.45, 2.75) is 26.2 Å². The molecule has 0 spiro atoms. The monoisotopic (exact) mass is 435 g/mol. The molecule has 1 N–H and O–H groups in total. The van der Waals surface area contributed by atoms with Gasteiger partial charge in [0.2, 0.25) is 5.91 Å². The minimum Gasteiger partial charge on any atom is -0.493 e. The van der Waals surface area contributed by atoms with Crippen LogP contribution in [0.25, 0.3) is 22.2 Å². The number of nitrogens with one attached hydrogen (secondary N) is 1. The van der Waals surface area contributed by atoms with Crippen molar-refractivity contribution in [1.82, 2.24) is 15.2 Å². The number of hydrogen-bond donors (Lipinski definition) is 1. The molecule has 2 amide bonds. The number of carbonyl (C=O) groups is 2. The van der Waals surface area contributed by atoms with Gasteiger partial charge in [-0.05, 0) is 62.2 Å². The lowest BCUT2D eigenvalue weighted by atomic mass is 10.1. The maximum absolute atomic E-state index is 13.3. The largest absolute Gasteiger partial charge is 0.493 e. The number of halogens is 1. The fourth-order valence-electron chi connectivity index (χ4n) is 3.89. The first-order valence-electron chi connectivity index (χ1n) is 10.9. The summed E-state index contributed by atoms with van der Waals surface area (Å²) in [6, 6.07) is 13.3. The van der Waals surface area contributed by atoms with E-state index in [-0.39, 0.29) is 17.6 Å². The van der Waals surface area contributed by atoms with Crippen LogP contribution < -0.4 is 10.1 Å². The second-order valence-corrected chi connectivity index (χ2v) is 7.77. The lowest BCUT2D eigenvalue weighted by molar-refractivity contribution is -0.127. The lowest BCUT2D eigenvalue weighted by Crippen LogP contribution is -2.30. The van der Waals surface area contributed by atoms with E-state index in [0.717, 1.165) is 30.3 Å². The van der Waals surface area contributed by atoms with Crippen LogP contribution in [0.4, 0.5) is 4.39 Å². The van der Waals surface area contributed by atoms with Crippen molar-refractivity contribution in [3.8, 4) is 17.0 Å². The lowest BCUT2D eigenvalue weighted by Gasteiger charge is -2.15. The molecule has 0 aliphatic carbocycles. The second kappa shape index (κ2) is 9.77. The molecule has 2 heterocycles. The topological polar surface area (TPSA) is 71.5 Å². The van der Waals surface area contributed by atoms with E-state index in [4.69, 9.17) is 4.74 Å². The average molecular weight is 435 g/mol. The molecule has 6 nitrogen and oxygen atoms in total. The standard InChI is InChI=1S/C25H26FN3O3/c1-2-32-23-16-22(17-6-9-19(26)10-7-17)28-21-11-8-18(15-20(21)23)25(31)27-12-4-14-29-13-3-5-24(29)30/h6-11,15-16H,2-5,12-14H2,1H3,(H,27,31). The van der Waals surface area contributed by atoms with E-state index >= 15 is 0 Å². The molecule has 1 aromatic heterocycles. The van der Waals surface area contributed by atoms with Gasteiger partial charge in [0.15, 0.2) is 0 Å². The number of amides is 2. The number of nitrogens with zero attached hydrogens (tertiary/aromatic N) is 2. The number of likely N-dealkylation sites (tertiary alicyclic amines) is 1. The second-order valence-electron chi connectivity index (χ2n) is 7.77. The highest BCUT2D eigenvalue weighted by Crippen LogP contribution is 2.31. The molecule has 0 atom stereocenters. The van der Waals surface area contributed by atoms with Gasteiger partial charge in [0, 0.05) is 48.6 Å². The van der Waals surface area contributed by atoms with Crippen molar-refractivity contribution < 1.29 is 18.7 Å². The van der Waals surface area contributed by atoms with Gasteiger partial charge in [-0.1, -0.05) is 0 Å². The van der Waals surface area contributed by atoms with E-state index in [0.29, 0.717) is 48.6 Å². The van der Waals surface area contributed by atoms with Crippen molar-refractivity contribution in [2.75, 3.05) is 26.2 Å². The Morgan fingerprint density at radius 2 is 2.00 bits per heavy atom. The molecule has 32 heavy (non-hydrogen) atoms. The van der Waals surface area contributed by atoms with Crippen LogP contribution in [0.2, 0.25) is 0 Å². The Morgan fingerprint density at radius 3 is 2.72 bits per heavy atom. The third-order valence-electron chi connectivity index (χ3n) is 5.53. The summed E-state index contributed by atoms with van der Waals surface area (Å²) in [7, 11) is 0. The average Bonchev–Trinajstić information content (AvgIpc) is 3.21. The SMILES string of the molecule is CCOc1cc(-c2ccc(F)cc2)nc2ccc(C(=O)NCCCN3CCCC3=O)cc12. The molecular weight excluding hydrogens is 409 g/mol. The van der Waals surface area contributed by atoms with E-state index in [9.17, 15) is 14.0 Å². The Bertz CT molecular complexity index is 1130. The van der Waals surface area contributed by atoms with E-state index in [1.165, 1.54) is 12.1 Å². The molecular formula is C25H26FN3O3. The van der Waals surface area contributed by atoms with Crippen LogP contribution in [-0.4, -0.2) is 47.9 Å². The zero-order chi connectivity index (χ0) is 22.5. The van der Waals surface area contributed by atoms with Crippen LogP contribution in [0.15, 0.2) is 48.5 Å². The Morgan fingerprint density at radius 1 is 1.19 bits per heavy atom. The number of benzene rings is 2. The number of ether oxygens (including phenoxy) is 1. The summed E-state index contributed by atoms with van der Waals surface area (Å²) in [5.74, 6) is 0.341. The van der Waals surface area contributed by atoms with E-state index in [2.05, 4.69) is 10.3 Å². The zero-order valence-electron chi connectivity index (χ0n) is 18.1. The van der Waals surface area contributed by atoms with Gasteiger partial charge >= 0.3 is 0 Å². The molecule has 1 aliphatic heterocycles. The summed E-state index contributed by atoms with van der Waals surface area (Å²) >= 11 is 0. The molecule has 0 bridgehead atoms. The van der Waals surface area contributed by atoms with Gasteiger partial charge in [-0.2, -0.15) is 0 Å². The van der Waals surface area contributed by atoms with Gasteiger partial charge in [0.25, 0.3) is 5.91 Å². The molecule has 0 saturated carbocycles. The molecule has 4 rings (SSSR count). The van der Waals surface area contributed by atoms with Crippen LogP contribution in [0, 0.1) is 5.82 Å². The summed E-state index contributed by atoms with van der Waals surface area (Å²) in [6.45, 7) is 4.34. The number of aromatic nitrogens is 1. The maximum atomic E-state index is 13.3. The van der Waals surface area contributed by atoms with Crippen LogP contribution in [0.5, 0.6) is 5.75 Å². The minimum atomic E-state index is -0.303. The normalized spacial score (nSPS) is 13.6. The van der Waals surface area contributed by atoms with Crippen molar-refractivity contribution in [1.29, 1.82) is 0 Å². The van der Waals surface area contributed by atoms with Gasteiger partial charge in [0.1, 0.15) is 11.6 Å². The van der Waals surface area contributed by atoms with Crippen LogP contribution in [0.3, 0.4) is 0 Å². The number of pyridine rings is 1. The van der Waals surface area contributed by atoms with Crippen LogP contribution >= 0.6 is 0 Å². The van der Waals surface area contributed by atoms with Crippen molar-refractivity contribution >= 4 is 22.7 Å². The Balaban J connectivity index is 1.50. The summed E-state index contributed by atoms with van der Waals surface area (Å²) in [5.41, 5.74) is 2.67. The van der Waals surface area contributed by atoms with E-state index in [1.54, 1.807) is 30.3 Å². The van der Waals surface area contributed by atoms with Gasteiger partial charge in [0.05, 0.1) is 17.8 Å². The molecule has 0 radical (unpaired) electrons. The maximum Gasteiger partial charge on any atom is 0.251 e. The first kappa shape index (κ1) is 21.7. The van der Waals surface area contributed by atoms with Crippen LogP contribution in [-0.2, 0) is 4.79 Å². The first-order valence-corrected chi connectivity index (χ1v) is 10.9.